The third kappa shape index (κ3) is 11.4. The van der Waals surface area contributed by atoms with E-state index in [1.54, 1.807) is 0 Å². The van der Waals surface area contributed by atoms with Crippen LogP contribution >= 0.6 is 0 Å². The van der Waals surface area contributed by atoms with Crippen LogP contribution in [0, 0.1) is 0 Å². The molecule has 0 atom stereocenters. The fourth-order valence-corrected chi connectivity index (χ4v) is 0. The molecule has 0 aromatic heterocycles. The molecule has 42 valence electrons. The molecule has 0 aromatic rings. The fraction of sp³-hybridized carbons (Fsp3) is 1.00. The molecule has 0 spiro atoms. The first-order valence-electron chi connectivity index (χ1n) is 2.25. The largest absolute Gasteiger partial charge is 0.0735 e. The number of rotatable bonds is 1. The SMILES string of the molecule is C[Si](C)[Si](C)C.[Y].[Y]. The monoisotopic (exact) mass is 294 g/mol. The van der Waals surface area contributed by atoms with E-state index < -0.39 is 0 Å². The molecule has 0 aromatic carbocycles. The van der Waals surface area contributed by atoms with Crippen molar-refractivity contribution in [2.75, 3.05) is 0 Å². The summed E-state index contributed by atoms with van der Waals surface area (Å²) < 4.78 is 0. The van der Waals surface area contributed by atoms with Gasteiger partial charge in [-0.05, 0) is 0 Å². The summed E-state index contributed by atoms with van der Waals surface area (Å²) in [4.78, 5) is 0. The Morgan fingerprint density at radius 1 is 0.625 bits per heavy atom. The summed E-state index contributed by atoms with van der Waals surface area (Å²) in [6.45, 7) is 9.55. The molecule has 0 rings (SSSR count). The van der Waals surface area contributed by atoms with Crippen LogP contribution in [0.2, 0.25) is 26.2 Å². The summed E-state index contributed by atoms with van der Waals surface area (Å²) in [5, 5.41) is 0. The summed E-state index contributed by atoms with van der Waals surface area (Å²) in [5.74, 6) is 0. The van der Waals surface area contributed by atoms with Crippen LogP contribution in [0.1, 0.15) is 0 Å². The van der Waals surface area contributed by atoms with Crippen LogP contribution in [0.3, 0.4) is 0 Å². The van der Waals surface area contributed by atoms with E-state index in [0.717, 1.165) is 0 Å². The quantitative estimate of drug-likeness (QED) is 0.644. The summed E-state index contributed by atoms with van der Waals surface area (Å²) in [6, 6.07) is 0. The van der Waals surface area contributed by atoms with Crippen LogP contribution in [0.15, 0.2) is 0 Å². The Hall–Kier alpha value is 2.64. The Kier molecular flexibility index (Phi) is 20.4. The van der Waals surface area contributed by atoms with Gasteiger partial charge in [-0.1, -0.05) is 26.2 Å². The van der Waals surface area contributed by atoms with Crippen LogP contribution in [0.4, 0.5) is 0 Å². The predicted molar refractivity (Wildman–Crippen MR) is 35.0 cm³/mol. The van der Waals surface area contributed by atoms with Gasteiger partial charge < -0.3 is 0 Å². The van der Waals surface area contributed by atoms with Gasteiger partial charge in [-0.15, -0.1) is 0 Å². The van der Waals surface area contributed by atoms with Crippen LogP contribution in [0.5, 0.6) is 0 Å². The van der Waals surface area contributed by atoms with Gasteiger partial charge in [0, 0.05) is 82.0 Å². The normalized spacial score (nSPS) is 8.25. The first-order valence-corrected chi connectivity index (χ1v) is 8.25. The van der Waals surface area contributed by atoms with Gasteiger partial charge in [0.05, 0.1) is 0 Å². The average Bonchev–Trinajstić information content (AvgIpc) is 1.36. The van der Waals surface area contributed by atoms with Gasteiger partial charge in [0.2, 0.25) is 0 Å². The molecule has 0 bridgehead atoms. The van der Waals surface area contributed by atoms with E-state index in [9.17, 15) is 0 Å². The maximum absolute atomic E-state index is 2.39. The van der Waals surface area contributed by atoms with Crippen molar-refractivity contribution in [3.8, 4) is 0 Å². The molecule has 0 saturated heterocycles. The van der Waals surface area contributed by atoms with Crippen molar-refractivity contribution in [3.05, 3.63) is 0 Å². The van der Waals surface area contributed by atoms with Crippen LogP contribution in [-0.4, -0.2) is 16.6 Å². The van der Waals surface area contributed by atoms with Gasteiger partial charge in [0.15, 0.2) is 0 Å². The van der Waals surface area contributed by atoms with Crippen LogP contribution in [-0.2, 0) is 65.4 Å². The number of hydrogen-bond acceptors (Lipinski definition) is 0. The third-order valence-corrected chi connectivity index (χ3v) is 9.00. The van der Waals surface area contributed by atoms with E-state index in [2.05, 4.69) is 26.2 Å². The van der Waals surface area contributed by atoms with Gasteiger partial charge in [0.1, 0.15) is 0 Å². The molecule has 4 heteroatoms. The Balaban J connectivity index is -0.000000125. The van der Waals surface area contributed by atoms with Gasteiger partial charge in [-0.2, -0.15) is 0 Å². The molecular weight excluding hydrogens is 282 g/mol. The maximum atomic E-state index is 2.39. The minimum atomic E-state index is 0. The van der Waals surface area contributed by atoms with E-state index in [1.807, 2.05) is 0 Å². The molecule has 0 unspecified atom stereocenters. The van der Waals surface area contributed by atoms with E-state index in [0.29, 0.717) is 0 Å². The molecular formula is C4H12Si2Y2. The molecule has 0 nitrogen and oxygen atoms in total. The molecule has 8 heavy (non-hydrogen) atoms. The molecule has 0 amide bonds. The zero-order valence-corrected chi connectivity index (χ0v) is 13.8. The van der Waals surface area contributed by atoms with Crippen molar-refractivity contribution < 1.29 is 65.4 Å². The van der Waals surface area contributed by atoms with E-state index >= 15 is 0 Å². The topological polar surface area (TPSA) is 0 Å². The van der Waals surface area contributed by atoms with E-state index in [-0.39, 0.29) is 82.0 Å². The maximum Gasteiger partial charge on any atom is 0.0307 e. The minimum absolute atomic E-state index is 0. The molecule has 0 aliphatic carbocycles. The second-order valence-electron chi connectivity index (χ2n) is 2.00. The van der Waals surface area contributed by atoms with Crippen LogP contribution in [0.25, 0.3) is 0 Å². The predicted octanol–water partition coefficient (Wildman–Crippen LogP) is 1.57. The summed E-state index contributed by atoms with van der Waals surface area (Å²) >= 11 is 0. The number of hydrogen-bond donors (Lipinski definition) is 0. The van der Waals surface area contributed by atoms with Gasteiger partial charge in [0.25, 0.3) is 0 Å². The summed E-state index contributed by atoms with van der Waals surface area (Å²) in [7, 11) is 0.300. The summed E-state index contributed by atoms with van der Waals surface area (Å²) in [5.41, 5.74) is 0. The Morgan fingerprint density at radius 2 is 0.750 bits per heavy atom. The minimum Gasteiger partial charge on any atom is -0.0735 e. The van der Waals surface area contributed by atoms with Crippen molar-refractivity contribution in [2.45, 2.75) is 26.2 Å². The van der Waals surface area contributed by atoms with Crippen molar-refractivity contribution in [1.82, 2.24) is 0 Å². The molecule has 0 saturated carbocycles. The van der Waals surface area contributed by atoms with Crippen molar-refractivity contribution in [1.29, 1.82) is 0 Å². The zero-order valence-electron chi connectivity index (χ0n) is 6.15. The van der Waals surface area contributed by atoms with Crippen molar-refractivity contribution in [2.24, 2.45) is 0 Å². The first kappa shape index (κ1) is 16.9. The fourth-order valence-electron chi connectivity index (χ4n) is 0. The summed E-state index contributed by atoms with van der Waals surface area (Å²) in [6.07, 6.45) is 0. The smallest absolute Gasteiger partial charge is 0.0307 e. The van der Waals surface area contributed by atoms with Crippen molar-refractivity contribution in [3.63, 3.8) is 0 Å². The molecule has 0 N–H and O–H groups in total. The van der Waals surface area contributed by atoms with Crippen LogP contribution < -0.4 is 0 Å². The van der Waals surface area contributed by atoms with E-state index in [4.69, 9.17) is 0 Å². The van der Waals surface area contributed by atoms with Gasteiger partial charge in [-0.25, -0.2) is 0 Å². The zero-order chi connectivity index (χ0) is 5.15. The Labute approximate surface area is 106 Å². The van der Waals surface area contributed by atoms with E-state index in [1.165, 1.54) is 0 Å². The van der Waals surface area contributed by atoms with Gasteiger partial charge >= 0.3 is 0 Å². The van der Waals surface area contributed by atoms with Crippen molar-refractivity contribution >= 4 is 16.6 Å². The average molecular weight is 294 g/mol. The molecule has 0 heterocycles. The second kappa shape index (κ2) is 9.64. The third-order valence-electron chi connectivity index (χ3n) is 1.00. The first-order chi connectivity index (χ1) is 2.64. The Bertz CT molecular complexity index is 33.0. The molecule has 0 aliphatic heterocycles. The molecule has 0 fully saturated rings. The van der Waals surface area contributed by atoms with Gasteiger partial charge in [-0.3, -0.25) is 0 Å². The standard InChI is InChI=1S/C4H12Si2.2Y/c1-5(2)6(3)4;;/h1-4H3;;. The molecule has 0 aliphatic rings. The Morgan fingerprint density at radius 3 is 0.750 bits per heavy atom. The second-order valence-corrected chi connectivity index (χ2v) is 12.0. The molecule has 4 radical (unpaired) electrons.